The van der Waals surface area contributed by atoms with Gasteiger partial charge in [0.2, 0.25) is 0 Å². The molecule has 9 heteroatoms. The number of nitriles is 1. The van der Waals surface area contributed by atoms with Crippen molar-refractivity contribution < 1.29 is 25.0 Å². The average molecular weight is 248 g/mol. The summed E-state index contributed by atoms with van der Waals surface area (Å²) < 4.78 is 0. The van der Waals surface area contributed by atoms with Gasteiger partial charge in [0.05, 0.1) is 0 Å². The largest absolute Gasteiger partial charge is 0.465 e. The van der Waals surface area contributed by atoms with Crippen LogP contribution in [-0.2, 0) is 0 Å². The van der Waals surface area contributed by atoms with Crippen molar-refractivity contribution in [3.05, 3.63) is 0 Å². The van der Waals surface area contributed by atoms with Crippen LogP contribution in [0.1, 0.15) is 13.8 Å². The number of carboxylic acid groups (broad SMARTS) is 2. The highest BCUT2D eigenvalue weighted by Crippen LogP contribution is 1.93. The SMILES string of the molecule is CC(C)C(C#N)=NO.CNC(=O)O.NC(=O)O. The van der Waals surface area contributed by atoms with Gasteiger partial charge in [0.25, 0.3) is 0 Å². The van der Waals surface area contributed by atoms with Crippen LogP contribution in [0.25, 0.3) is 0 Å². The minimum atomic E-state index is -1.33. The molecule has 0 spiro atoms. The molecule has 0 aliphatic carbocycles. The van der Waals surface area contributed by atoms with Gasteiger partial charge in [0.15, 0.2) is 5.71 Å². The van der Waals surface area contributed by atoms with Crippen LogP contribution in [0.2, 0.25) is 0 Å². The van der Waals surface area contributed by atoms with E-state index in [1.54, 1.807) is 19.9 Å². The number of carbonyl (C=O) groups is 2. The third kappa shape index (κ3) is 31.7. The lowest BCUT2D eigenvalue weighted by Gasteiger charge is -1.93. The van der Waals surface area contributed by atoms with E-state index in [9.17, 15) is 4.79 Å². The standard InChI is InChI=1S/C5H8N2O.C2H5NO2.CH3NO2/c1-4(2)5(3-6)7-8;1-3-2(4)5;2-1(3)4/h4,8H,1-2H3;3H,1H3,(H,4,5);2H2,(H,3,4). The van der Waals surface area contributed by atoms with Crippen LogP contribution < -0.4 is 11.1 Å². The van der Waals surface area contributed by atoms with E-state index in [1.165, 1.54) is 7.05 Å². The molecule has 9 nitrogen and oxygen atoms in total. The van der Waals surface area contributed by atoms with Crippen molar-refractivity contribution in [2.75, 3.05) is 7.05 Å². The second-order valence-electron chi connectivity index (χ2n) is 2.65. The molecule has 0 aliphatic heterocycles. The molecule has 0 rings (SSSR count). The molecule has 0 saturated carbocycles. The van der Waals surface area contributed by atoms with Gasteiger partial charge in [0.1, 0.15) is 6.07 Å². The van der Waals surface area contributed by atoms with Crippen molar-refractivity contribution in [3.63, 3.8) is 0 Å². The van der Waals surface area contributed by atoms with Crippen molar-refractivity contribution in [2.45, 2.75) is 13.8 Å². The molecule has 0 heterocycles. The lowest BCUT2D eigenvalue weighted by Crippen LogP contribution is -2.13. The van der Waals surface area contributed by atoms with Crippen molar-refractivity contribution in [1.29, 1.82) is 5.26 Å². The first-order valence-electron chi connectivity index (χ1n) is 4.23. The van der Waals surface area contributed by atoms with Crippen LogP contribution in [0.5, 0.6) is 0 Å². The van der Waals surface area contributed by atoms with E-state index in [-0.39, 0.29) is 11.6 Å². The zero-order chi connectivity index (χ0) is 14.4. The Morgan fingerprint density at radius 1 is 1.41 bits per heavy atom. The molecule has 0 atom stereocenters. The quantitative estimate of drug-likeness (QED) is 0.257. The zero-order valence-corrected chi connectivity index (χ0v) is 9.71. The molecular weight excluding hydrogens is 232 g/mol. The van der Waals surface area contributed by atoms with Crippen molar-refractivity contribution in [2.24, 2.45) is 16.8 Å². The summed E-state index contributed by atoms with van der Waals surface area (Å²) in [5, 5.41) is 35.7. The van der Waals surface area contributed by atoms with E-state index in [2.05, 4.69) is 10.9 Å². The monoisotopic (exact) mass is 248 g/mol. The van der Waals surface area contributed by atoms with Crippen molar-refractivity contribution in [1.82, 2.24) is 5.32 Å². The number of amides is 2. The molecule has 0 aromatic carbocycles. The summed E-state index contributed by atoms with van der Waals surface area (Å²) in [5.74, 6) is 0.0185. The van der Waals surface area contributed by atoms with Crippen LogP contribution in [0.4, 0.5) is 9.59 Å². The zero-order valence-electron chi connectivity index (χ0n) is 9.71. The molecule has 6 N–H and O–H groups in total. The normalized spacial score (nSPS) is 8.76. The second kappa shape index (κ2) is 13.5. The predicted octanol–water partition coefficient (Wildman–Crippen LogP) is 0.503. The first kappa shape index (κ1) is 20.0. The van der Waals surface area contributed by atoms with Crippen molar-refractivity contribution >= 4 is 17.9 Å². The van der Waals surface area contributed by atoms with E-state index in [0.717, 1.165) is 0 Å². The smallest absolute Gasteiger partial charge is 0.404 e. The Kier molecular flexibility index (Phi) is 15.9. The molecular formula is C8H16N4O5. The van der Waals surface area contributed by atoms with E-state index in [4.69, 9.17) is 25.5 Å². The van der Waals surface area contributed by atoms with Gasteiger partial charge in [-0.25, -0.2) is 9.59 Å². The molecule has 0 aromatic rings. The van der Waals surface area contributed by atoms with Gasteiger partial charge in [-0.1, -0.05) is 19.0 Å². The maximum Gasteiger partial charge on any atom is 0.404 e. The van der Waals surface area contributed by atoms with Gasteiger partial charge in [-0.15, -0.1) is 0 Å². The summed E-state index contributed by atoms with van der Waals surface area (Å²) in [5.41, 5.74) is 4.20. The highest BCUT2D eigenvalue weighted by Gasteiger charge is 2.01. The third-order valence-corrected chi connectivity index (χ3v) is 0.983. The number of nitrogens with two attached hydrogens (primary N) is 1. The lowest BCUT2D eigenvalue weighted by atomic mass is 10.1. The fourth-order valence-corrected chi connectivity index (χ4v) is 0.267. The van der Waals surface area contributed by atoms with Crippen LogP contribution in [0.15, 0.2) is 5.16 Å². The highest BCUT2D eigenvalue weighted by atomic mass is 16.4. The number of nitrogens with one attached hydrogen (secondary N) is 1. The lowest BCUT2D eigenvalue weighted by molar-refractivity contribution is 0.197. The maximum atomic E-state index is 9.26. The molecule has 0 radical (unpaired) electrons. The van der Waals surface area contributed by atoms with Crippen LogP contribution in [-0.4, -0.2) is 40.4 Å². The van der Waals surface area contributed by atoms with Gasteiger partial charge >= 0.3 is 12.2 Å². The number of primary amides is 1. The predicted molar refractivity (Wildman–Crippen MR) is 59.0 cm³/mol. The van der Waals surface area contributed by atoms with E-state index in [0.29, 0.717) is 0 Å². The molecule has 0 unspecified atom stereocenters. The third-order valence-electron chi connectivity index (χ3n) is 0.983. The molecule has 0 aromatic heterocycles. The average Bonchev–Trinajstić information content (AvgIpc) is 2.19. The Balaban J connectivity index is -0.000000188. The first-order chi connectivity index (χ1) is 7.72. The first-order valence-corrected chi connectivity index (χ1v) is 4.23. The molecule has 0 aliphatic rings. The number of hydrogen-bond donors (Lipinski definition) is 5. The minimum absolute atomic E-state index is 0.0185. The number of oxime groups is 1. The summed E-state index contributed by atoms with van der Waals surface area (Å²) in [6.45, 7) is 3.58. The fraction of sp³-hybridized carbons (Fsp3) is 0.500. The molecule has 17 heavy (non-hydrogen) atoms. The highest BCUT2D eigenvalue weighted by molar-refractivity contribution is 5.99. The van der Waals surface area contributed by atoms with E-state index >= 15 is 0 Å². The fourth-order valence-electron chi connectivity index (χ4n) is 0.267. The van der Waals surface area contributed by atoms with Gasteiger partial charge < -0.3 is 26.5 Å². The van der Waals surface area contributed by atoms with E-state index in [1.807, 2.05) is 5.32 Å². The van der Waals surface area contributed by atoms with Crippen LogP contribution in [0, 0.1) is 17.2 Å². The van der Waals surface area contributed by atoms with Gasteiger partial charge in [-0.3, -0.25) is 0 Å². The summed E-state index contributed by atoms with van der Waals surface area (Å²) in [6.07, 6.45) is -2.33. The van der Waals surface area contributed by atoms with Gasteiger partial charge in [-0.2, -0.15) is 5.26 Å². The number of rotatable bonds is 1. The maximum absolute atomic E-state index is 9.26. The van der Waals surface area contributed by atoms with Gasteiger partial charge in [0, 0.05) is 13.0 Å². The Morgan fingerprint density at radius 2 is 1.71 bits per heavy atom. The number of nitrogens with zero attached hydrogens (tertiary/aromatic N) is 2. The topological polar surface area (TPSA) is 169 Å². The minimum Gasteiger partial charge on any atom is -0.465 e. The summed E-state index contributed by atoms with van der Waals surface area (Å²) in [6, 6.07) is 1.75. The Morgan fingerprint density at radius 3 is 1.71 bits per heavy atom. The Hall–Kier alpha value is -2.50. The second-order valence-corrected chi connectivity index (χ2v) is 2.65. The van der Waals surface area contributed by atoms with Crippen LogP contribution >= 0.6 is 0 Å². The van der Waals surface area contributed by atoms with Crippen molar-refractivity contribution in [3.8, 4) is 6.07 Å². The molecule has 0 saturated heterocycles. The Bertz CT molecular complexity index is 291. The molecule has 98 valence electrons. The van der Waals surface area contributed by atoms with Crippen LogP contribution in [0.3, 0.4) is 0 Å². The van der Waals surface area contributed by atoms with E-state index < -0.39 is 12.2 Å². The number of hydrogen-bond acceptors (Lipinski definition) is 5. The summed E-state index contributed by atoms with van der Waals surface area (Å²) >= 11 is 0. The molecule has 0 bridgehead atoms. The Labute approximate surface area is 98.1 Å². The molecule has 2 amide bonds. The van der Waals surface area contributed by atoms with Gasteiger partial charge in [-0.05, 0) is 0 Å². The summed E-state index contributed by atoms with van der Waals surface area (Å²) in [7, 11) is 1.35. The summed E-state index contributed by atoms with van der Waals surface area (Å²) in [4.78, 5) is 18.0. The molecule has 0 fully saturated rings.